The third-order valence-corrected chi connectivity index (χ3v) is 4.40. The number of benzene rings is 2. The molecule has 0 spiro atoms. The summed E-state index contributed by atoms with van der Waals surface area (Å²) in [5, 5.41) is 3.44. The summed E-state index contributed by atoms with van der Waals surface area (Å²) in [5.41, 5.74) is 1.86. The van der Waals surface area contributed by atoms with E-state index in [1.54, 1.807) is 6.07 Å². The summed E-state index contributed by atoms with van der Waals surface area (Å²) in [6.07, 6.45) is 0.594. The third-order valence-electron chi connectivity index (χ3n) is 3.42. The Morgan fingerprint density at radius 2 is 1.95 bits per heavy atom. The maximum absolute atomic E-state index is 14.3. The van der Waals surface area contributed by atoms with E-state index < -0.39 is 0 Å². The first kappa shape index (κ1) is 16.2. The van der Waals surface area contributed by atoms with Crippen LogP contribution in [0.3, 0.4) is 0 Å². The minimum Gasteiger partial charge on any atom is -0.494 e. The Bertz CT molecular complexity index is 603. The van der Waals surface area contributed by atoms with Gasteiger partial charge in [-0.25, -0.2) is 4.39 Å². The molecule has 0 fully saturated rings. The van der Waals surface area contributed by atoms with Crippen LogP contribution >= 0.6 is 22.6 Å². The molecule has 1 N–H and O–H groups in total. The maximum Gasteiger partial charge on any atom is 0.168 e. The van der Waals surface area contributed by atoms with Crippen LogP contribution < -0.4 is 10.1 Å². The molecule has 0 heterocycles. The van der Waals surface area contributed by atoms with Crippen LogP contribution in [-0.4, -0.2) is 13.7 Å². The molecular weight excluding hydrogens is 380 g/mol. The van der Waals surface area contributed by atoms with Gasteiger partial charge in [0.1, 0.15) is 0 Å². The van der Waals surface area contributed by atoms with Crippen molar-refractivity contribution in [3.05, 3.63) is 63.0 Å². The lowest BCUT2D eigenvalue weighted by atomic mass is 9.98. The lowest BCUT2D eigenvalue weighted by molar-refractivity contribution is 0.382. The van der Waals surface area contributed by atoms with Crippen molar-refractivity contribution in [3.63, 3.8) is 0 Å². The summed E-state index contributed by atoms with van der Waals surface area (Å²) in [4.78, 5) is 0. The first-order valence-electron chi connectivity index (χ1n) is 6.96. The monoisotopic (exact) mass is 399 g/mol. The van der Waals surface area contributed by atoms with E-state index >= 15 is 0 Å². The van der Waals surface area contributed by atoms with Crippen molar-refractivity contribution in [3.8, 4) is 5.75 Å². The van der Waals surface area contributed by atoms with Crippen LogP contribution in [0, 0.1) is 9.39 Å². The topological polar surface area (TPSA) is 21.3 Å². The van der Waals surface area contributed by atoms with Gasteiger partial charge in [0.2, 0.25) is 0 Å². The Labute approximate surface area is 138 Å². The molecule has 2 aromatic carbocycles. The summed E-state index contributed by atoms with van der Waals surface area (Å²) in [6.45, 7) is 2.89. The predicted molar refractivity (Wildman–Crippen MR) is 92.2 cm³/mol. The average Bonchev–Trinajstić information content (AvgIpc) is 2.49. The molecule has 0 radical (unpaired) electrons. The summed E-state index contributed by atoms with van der Waals surface area (Å²) in [5.74, 6) is 0.0272. The number of halogens is 2. The fourth-order valence-electron chi connectivity index (χ4n) is 2.39. The van der Waals surface area contributed by atoms with Crippen molar-refractivity contribution < 1.29 is 9.13 Å². The third kappa shape index (κ3) is 3.95. The lowest BCUT2D eigenvalue weighted by Gasteiger charge is -2.20. The van der Waals surface area contributed by atoms with E-state index in [9.17, 15) is 4.39 Å². The van der Waals surface area contributed by atoms with Crippen LogP contribution in [0.4, 0.5) is 4.39 Å². The predicted octanol–water partition coefficient (Wildman–Crippen LogP) is 4.33. The zero-order chi connectivity index (χ0) is 15.2. The smallest absolute Gasteiger partial charge is 0.168 e. The van der Waals surface area contributed by atoms with Crippen LogP contribution in [0.2, 0.25) is 0 Å². The average molecular weight is 399 g/mol. The maximum atomic E-state index is 14.3. The van der Waals surface area contributed by atoms with Gasteiger partial charge >= 0.3 is 0 Å². The minimum atomic E-state index is -0.270. The highest BCUT2D eigenvalue weighted by atomic mass is 127. The molecule has 0 amide bonds. The number of ether oxygens (including phenoxy) is 1. The van der Waals surface area contributed by atoms with Crippen molar-refractivity contribution >= 4 is 22.6 Å². The second-order valence-electron chi connectivity index (χ2n) is 4.77. The fraction of sp³-hybridized carbons (Fsp3) is 0.294. The molecular formula is C17H19FINO. The molecule has 2 rings (SSSR count). The van der Waals surface area contributed by atoms with Gasteiger partial charge in [-0.15, -0.1) is 0 Å². The molecule has 0 aliphatic heterocycles. The molecule has 1 unspecified atom stereocenters. The van der Waals surface area contributed by atoms with Gasteiger partial charge in [-0.05, 0) is 58.8 Å². The summed E-state index contributed by atoms with van der Waals surface area (Å²) in [7, 11) is 1.49. The standard InChI is InChI=1S/C17H19FINO/c1-3-20-15(13-8-4-5-9-14(13)19)11-12-7-6-10-16(21-2)17(12)18/h4-10,15,20H,3,11H2,1-2H3. The van der Waals surface area contributed by atoms with Crippen molar-refractivity contribution in [1.82, 2.24) is 5.32 Å². The molecule has 21 heavy (non-hydrogen) atoms. The lowest BCUT2D eigenvalue weighted by Crippen LogP contribution is -2.24. The molecule has 0 bridgehead atoms. The molecule has 0 aromatic heterocycles. The Balaban J connectivity index is 2.31. The number of hydrogen-bond acceptors (Lipinski definition) is 2. The molecule has 0 aliphatic rings. The van der Waals surface area contributed by atoms with E-state index in [4.69, 9.17) is 4.74 Å². The van der Waals surface area contributed by atoms with Gasteiger partial charge in [-0.3, -0.25) is 0 Å². The summed E-state index contributed by atoms with van der Waals surface area (Å²) in [6, 6.07) is 13.6. The van der Waals surface area contributed by atoms with E-state index in [1.165, 1.54) is 16.2 Å². The molecule has 4 heteroatoms. The molecule has 1 atom stereocenters. The van der Waals surface area contributed by atoms with Crippen molar-refractivity contribution in [2.24, 2.45) is 0 Å². The first-order valence-corrected chi connectivity index (χ1v) is 8.04. The number of hydrogen-bond donors (Lipinski definition) is 1. The highest BCUT2D eigenvalue weighted by molar-refractivity contribution is 14.1. The van der Waals surface area contributed by atoms with Crippen LogP contribution in [0.25, 0.3) is 0 Å². The zero-order valence-electron chi connectivity index (χ0n) is 12.2. The normalized spacial score (nSPS) is 12.2. The van der Waals surface area contributed by atoms with E-state index in [1.807, 2.05) is 24.3 Å². The van der Waals surface area contributed by atoms with Gasteiger partial charge in [0.25, 0.3) is 0 Å². The van der Waals surface area contributed by atoms with Crippen molar-refractivity contribution in [1.29, 1.82) is 0 Å². The Kier molecular flexibility index (Phi) is 5.99. The largest absolute Gasteiger partial charge is 0.494 e. The van der Waals surface area contributed by atoms with Crippen molar-refractivity contribution in [2.45, 2.75) is 19.4 Å². The van der Waals surface area contributed by atoms with Crippen LogP contribution in [-0.2, 0) is 6.42 Å². The highest BCUT2D eigenvalue weighted by Gasteiger charge is 2.17. The van der Waals surface area contributed by atoms with E-state index in [-0.39, 0.29) is 11.9 Å². The van der Waals surface area contributed by atoms with Crippen LogP contribution in [0.5, 0.6) is 5.75 Å². The van der Waals surface area contributed by atoms with E-state index in [2.05, 4.69) is 47.0 Å². The number of methoxy groups -OCH3 is 1. The van der Waals surface area contributed by atoms with Gasteiger partial charge in [0.15, 0.2) is 11.6 Å². The van der Waals surface area contributed by atoms with Gasteiger partial charge in [0, 0.05) is 9.61 Å². The SMILES string of the molecule is CCNC(Cc1cccc(OC)c1F)c1ccccc1I. The Hall–Kier alpha value is -1.14. The zero-order valence-corrected chi connectivity index (χ0v) is 14.4. The second-order valence-corrected chi connectivity index (χ2v) is 5.93. The highest BCUT2D eigenvalue weighted by Crippen LogP contribution is 2.27. The first-order chi connectivity index (χ1) is 10.2. The molecule has 0 saturated heterocycles. The number of rotatable bonds is 6. The van der Waals surface area contributed by atoms with Gasteiger partial charge in [-0.1, -0.05) is 37.3 Å². The number of nitrogens with one attached hydrogen (secondary N) is 1. The van der Waals surface area contributed by atoms with E-state index in [0.717, 1.165) is 6.54 Å². The minimum absolute atomic E-state index is 0.0877. The molecule has 2 aromatic rings. The second kappa shape index (κ2) is 7.75. The molecule has 0 aliphatic carbocycles. The van der Waals surface area contributed by atoms with Crippen molar-refractivity contribution in [2.75, 3.05) is 13.7 Å². The van der Waals surface area contributed by atoms with Crippen LogP contribution in [0.15, 0.2) is 42.5 Å². The van der Waals surface area contributed by atoms with Gasteiger partial charge < -0.3 is 10.1 Å². The Morgan fingerprint density at radius 3 is 2.62 bits per heavy atom. The summed E-state index contributed by atoms with van der Waals surface area (Å²) < 4.78 is 20.6. The summed E-state index contributed by atoms with van der Waals surface area (Å²) >= 11 is 2.32. The fourth-order valence-corrected chi connectivity index (χ4v) is 3.15. The molecule has 2 nitrogen and oxygen atoms in total. The van der Waals surface area contributed by atoms with E-state index in [0.29, 0.717) is 17.7 Å². The van der Waals surface area contributed by atoms with Gasteiger partial charge in [0.05, 0.1) is 7.11 Å². The molecule has 0 saturated carbocycles. The number of likely N-dealkylation sites (N-methyl/N-ethyl adjacent to an activating group) is 1. The molecule has 112 valence electrons. The van der Waals surface area contributed by atoms with Crippen LogP contribution in [0.1, 0.15) is 24.1 Å². The Morgan fingerprint density at radius 1 is 1.19 bits per heavy atom. The van der Waals surface area contributed by atoms with Gasteiger partial charge in [-0.2, -0.15) is 0 Å². The quantitative estimate of drug-likeness (QED) is 0.731.